The van der Waals surface area contributed by atoms with Gasteiger partial charge in [0.15, 0.2) is 5.82 Å². The standard InChI is InChI=1S/C18H26N6O/c1-13-21-16(24-23-13)14-7-6-8-15(11-14)22-17(25)20-12-18(19-2)9-4-3-5-10-18/h6-8,11,19H,3-5,9-10,12H2,1-2H3,(H2,20,22,25)(H,21,23,24). The summed E-state index contributed by atoms with van der Waals surface area (Å²) >= 11 is 0. The van der Waals surface area contributed by atoms with Gasteiger partial charge < -0.3 is 16.0 Å². The van der Waals surface area contributed by atoms with Crippen molar-refractivity contribution in [2.75, 3.05) is 18.9 Å². The molecule has 7 nitrogen and oxygen atoms in total. The molecule has 0 saturated heterocycles. The second-order valence-electron chi connectivity index (χ2n) is 6.72. The summed E-state index contributed by atoms with van der Waals surface area (Å²) < 4.78 is 0. The van der Waals surface area contributed by atoms with Gasteiger partial charge in [-0.3, -0.25) is 5.10 Å². The van der Waals surface area contributed by atoms with Crippen LogP contribution < -0.4 is 16.0 Å². The van der Waals surface area contributed by atoms with Crippen LogP contribution in [0.3, 0.4) is 0 Å². The van der Waals surface area contributed by atoms with Gasteiger partial charge in [-0.05, 0) is 38.9 Å². The number of benzene rings is 1. The van der Waals surface area contributed by atoms with E-state index in [1.54, 1.807) is 0 Å². The quantitative estimate of drug-likeness (QED) is 0.672. The summed E-state index contributed by atoms with van der Waals surface area (Å²) in [6, 6.07) is 7.34. The van der Waals surface area contributed by atoms with Gasteiger partial charge in [0.2, 0.25) is 0 Å². The van der Waals surface area contributed by atoms with E-state index in [2.05, 4.69) is 31.1 Å². The Morgan fingerprint density at radius 2 is 2.08 bits per heavy atom. The summed E-state index contributed by atoms with van der Waals surface area (Å²) in [4.78, 5) is 16.6. The minimum absolute atomic E-state index is 0.0218. The van der Waals surface area contributed by atoms with Crippen LogP contribution in [0.25, 0.3) is 11.4 Å². The Morgan fingerprint density at radius 3 is 2.76 bits per heavy atom. The van der Waals surface area contributed by atoms with Crippen molar-refractivity contribution < 1.29 is 4.79 Å². The third-order valence-corrected chi connectivity index (χ3v) is 4.90. The fraction of sp³-hybridized carbons (Fsp3) is 0.500. The SMILES string of the molecule is CNC1(CNC(=O)Nc2cccc(-c3n[nH]c(C)n3)c2)CCCCC1. The summed E-state index contributed by atoms with van der Waals surface area (Å²) in [7, 11) is 1.98. The van der Waals surface area contributed by atoms with E-state index in [0.29, 0.717) is 12.4 Å². The Bertz CT molecular complexity index is 720. The minimum atomic E-state index is -0.191. The zero-order chi connectivity index (χ0) is 17.7. The summed E-state index contributed by atoms with van der Waals surface area (Å²) in [5, 5.41) is 16.3. The van der Waals surface area contributed by atoms with Crippen molar-refractivity contribution in [1.29, 1.82) is 0 Å². The third-order valence-electron chi connectivity index (χ3n) is 4.90. The zero-order valence-corrected chi connectivity index (χ0v) is 14.9. The van der Waals surface area contributed by atoms with E-state index >= 15 is 0 Å². The molecule has 0 aliphatic heterocycles. The van der Waals surface area contributed by atoms with Gasteiger partial charge in [0, 0.05) is 23.3 Å². The van der Waals surface area contributed by atoms with E-state index in [0.717, 1.165) is 29.9 Å². The monoisotopic (exact) mass is 342 g/mol. The van der Waals surface area contributed by atoms with Gasteiger partial charge in [-0.25, -0.2) is 9.78 Å². The predicted octanol–water partition coefficient (Wildman–Crippen LogP) is 2.82. The van der Waals surface area contributed by atoms with Gasteiger partial charge in [0.1, 0.15) is 5.82 Å². The molecule has 1 saturated carbocycles. The van der Waals surface area contributed by atoms with Gasteiger partial charge in [0.05, 0.1) is 0 Å². The molecule has 1 heterocycles. The lowest BCUT2D eigenvalue weighted by Crippen LogP contribution is -2.53. The molecule has 0 spiro atoms. The van der Waals surface area contributed by atoms with Crippen LogP contribution in [0.5, 0.6) is 0 Å². The number of aromatic nitrogens is 3. The van der Waals surface area contributed by atoms with Gasteiger partial charge in [0.25, 0.3) is 0 Å². The fourth-order valence-electron chi connectivity index (χ4n) is 3.38. The molecular weight excluding hydrogens is 316 g/mol. The lowest BCUT2D eigenvalue weighted by Gasteiger charge is -2.37. The number of amides is 2. The smallest absolute Gasteiger partial charge is 0.319 e. The van der Waals surface area contributed by atoms with Crippen molar-refractivity contribution in [3.05, 3.63) is 30.1 Å². The van der Waals surface area contributed by atoms with Gasteiger partial charge >= 0.3 is 6.03 Å². The summed E-state index contributed by atoms with van der Waals surface area (Å²) in [5.41, 5.74) is 1.61. The lowest BCUT2D eigenvalue weighted by molar-refractivity contribution is 0.224. The van der Waals surface area contributed by atoms with Crippen molar-refractivity contribution >= 4 is 11.7 Å². The molecule has 4 N–H and O–H groups in total. The number of hydrogen-bond acceptors (Lipinski definition) is 4. The van der Waals surface area contributed by atoms with E-state index in [1.165, 1.54) is 19.3 Å². The zero-order valence-electron chi connectivity index (χ0n) is 14.9. The number of carbonyl (C=O) groups is 1. The number of nitrogens with zero attached hydrogens (tertiary/aromatic N) is 2. The first-order chi connectivity index (χ1) is 12.1. The van der Waals surface area contributed by atoms with Crippen molar-refractivity contribution in [2.45, 2.75) is 44.6 Å². The molecule has 1 aliphatic carbocycles. The highest BCUT2D eigenvalue weighted by molar-refractivity contribution is 5.90. The highest BCUT2D eigenvalue weighted by Crippen LogP contribution is 2.27. The molecular formula is C18H26N6O. The van der Waals surface area contributed by atoms with Crippen molar-refractivity contribution in [3.63, 3.8) is 0 Å². The van der Waals surface area contributed by atoms with Crippen LogP contribution >= 0.6 is 0 Å². The maximum atomic E-state index is 12.3. The molecule has 1 fully saturated rings. The molecule has 0 atom stereocenters. The number of carbonyl (C=O) groups excluding carboxylic acids is 1. The van der Waals surface area contributed by atoms with Crippen molar-refractivity contribution in [2.24, 2.45) is 0 Å². The maximum Gasteiger partial charge on any atom is 0.319 e. The minimum Gasteiger partial charge on any atom is -0.336 e. The number of aromatic amines is 1. The normalized spacial score (nSPS) is 16.4. The first-order valence-electron chi connectivity index (χ1n) is 8.83. The van der Waals surface area contributed by atoms with E-state index < -0.39 is 0 Å². The molecule has 2 amide bonds. The van der Waals surface area contributed by atoms with Crippen LogP contribution in [0.2, 0.25) is 0 Å². The van der Waals surface area contributed by atoms with Gasteiger partial charge in [-0.15, -0.1) is 0 Å². The van der Waals surface area contributed by atoms with Crippen LogP contribution in [0.15, 0.2) is 24.3 Å². The molecule has 0 unspecified atom stereocenters. The molecule has 7 heteroatoms. The Balaban J connectivity index is 1.59. The van der Waals surface area contributed by atoms with E-state index in [4.69, 9.17) is 0 Å². The van der Waals surface area contributed by atoms with Crippen LogP contribution in [0.4, 0.5) is 10.5 Å². The number of likely N-dealkylation sites (N-methyl/N-ethyl adjacent to an activating group) is 1. The molecule has 25 heavy (non-hydrogen) atoms. The first kappa shape index (κ1) is 17.4. The summed E-state index contributed by atoms with van der Waals surface area (Å²) in [5.74, 6) is 1.38. The van der Waals surface area contributed by atoms with Crippen molar-refractivity contribution in [1.82, 2.24) is 25.8 Å². The van der Waals surface area contributed by atoms with E-state index in [-0.39, 0.29) is 11.6 Å². The highest BCUT2D eigenvalue weighted by atomic mass is 16.2. The molecule has 1 aromatic heterocycles. The van der Waals surface area contributed by atoms with Crippen molar-refractivity contribution in [3.8, 4) is 11.4 Å². The Hall–Kier alpha value is -2.41. The number of nitrogens with one attached hydrogen (secondary N) is 4. The number of urea groups is 1. The number of aryl methyl sites for hydroxylation is 1. The maximum absolute atomic E-state index is 12.3. The average Bonchev–Trinajstić information content (AvgIpc) is 3.08. The molecule has 1 aliphatic rings. The molecule has 0 radical (unpaired) electrons. The van der Waals surface area contributed by atoms with Crippen LogP contribution in [0.1, 0.15) is 37.9 Å². The lowest BCUT2D eigenvalue weighted by atomic mass is 9.82. The number of hydrogen-bond donors (Lipinski definition) is 4. The van der Waals surface area contributed by atoms with Gasteiger partial charge in [-0.1, -0.05) is 31.4 Å². The number of H-pyrrole nitrogens is 1. The highest BCUT2D eigenvalue weighted by Gasteiger charge is 2.30. The molecule has 1 aromatic carbocycles. The fourth-order valence-corrected chi connectivity index (χ4v) is 3.38. The Labute approximate surface area is 148 Å². The largest absolute Gasteiger partial charge is 0.336 e. The number of anilines is 1. The summed E-state index contributed by atoms with van der Waals surface area (Å²) in [6.45, 7) is 2.49. The van der Waals surface area contributed by atoms with Crippen LogP contribution in [-0.4, -0.2) is 40.3 Å². The second-order valence-corrected chi connectivity index (χ2v) is 6.72. The van der Waals surface area contributed by atoms with Crippen LogP contribution in [-0.2, 0) is 0 Å². The third kappa shape index (κ3) is 4.36. The van der Waals surface area contributed by atoms with E-state index in [9.17, 15) is 4.79 Å². The topological polar surface area (TPSA) is 94.7 Å². The van der Waals surface area contributed by atoms with Gasteiger partial charge in [-0.2, -0.15) is 5.10 Å². The van der Waals surface area contributed by atoms with E-state index in [1.807, 2.05) is 38.2 Å². The van der Waals surface area contributed by atoms with Crippen LogP contribution in [0, 0.1) is 6.92 Å². The second kappa shape index (κ2) is 7.65. The average molecular weight is 342 g/mol. The first-order valence-corrected chi connectivity index (χ1v) is 8.83. The predicted molar refractivity (Wildman–Crippen MR) is 98.5 cm³/mol. The Morgan fingerprint density at radius 1 is 1.28 bits per heavy atom. The molecule has 2 aromatic rings. The Kier molecular flexibility index (Phi) is 5.33. The molecule has 3 rings (SSSR count). The summed E-state index contributed by atoms with van der Waals surface area (Å²) in [6.07, 6.45) is 5.90. The number of rotatable bonds is 5. The molecule has 0 bridgehead atoms. The molecule has 134 valence electrons.